The highest BCUT2D eigenvalue weighted by molar-refractivity contribution is 5.26. The average Bonchev–Trinajstić information content (AvgIpc) is 2.59. The summed E-state index contributed by atoms with van der Waals surface area (Å²) in [6.45, 7) is 1.89. The molecule has 0 aromatic carbocycles. The molecule has 0 aliphatic carbocycles. The highest BCUT2D eigenvalue weighted by atomic mass is 19.1. The molecule has 0 bridgehead atoms. The van der Waals surface area contributed by atoms with Gasteiger partial charge in [0.15, 0.2) is 0 Å². The number of pyridine rings is 1. The van der Waals surface area contributed by atoms with E-state index >= 15 is 0 Å². The third-order valence-electron chi connectivity index (χ3n) is 2.56. The van der Waals surface area contributed by atoms with Crippen LogP contribution in [0.3, 0.4) is 0 Å². The first kappa shape index (κ1) is 11.7. The minimum Gasteiger partial charge on any atom is -0.271 e. The molecule has 90 valence electrons. The van der Waals surface area contributed by atoms with E-state index in [9.17, 15) is 4.39 Å². The van der Waals surface area contributed by atoms with Crippen molar-refractivity contribution in [3.63, 3.8) is 0 Å². The molecule has 1 atom stereocenters. The van der Waals surface area contributed by atoms with Crippen LogP contribution in [0.25, 0.3) is 0 Å². The van der Waals surface area contributed by atoms with Gasteiger partial charge >= 0.3 is 0 Å². The van der Waals surface area contributed by atoms with E-state index in [1.54, 1.807) is 10.9 Å². The van der Waals surface area contributed by atoms with Gasteiger partial charge in [-0.25, -0.2) is 9.82 Å². The average molecular weight is 235 g/mol. The van der Waals surface area contributed by atoms with Crippen LogP contribution in [0.1, 0.15) is 23.0 Å². The van der Waals surface area contributed by atoms with Crippen molar-refractivity contribution in [3.05, 3.63) is 47.3 Å². The molecule has 0 amide bonds. The Labute approximate surface area is 98.4 Å². The first-order valence-corrected chi connectivity index (χ1v) is 5.19. The summed E-state index contributed by atoms with van der Waals surface area (Å²) in [4.78, 5) is 3.81. The van der Waals surface area contributed by atoms with Crippen LogP contribution in [0, 0.1) is 12.7 Å². The second-order valence-corrected chi connectivity index (χ2v) is 3.87. The SMILES string of the molecule is Cc1cc(C(NN)c2cncc(F)c2)n(C)n1. The summed E-state index contributed by atoms with van der Waals surface area (Å²) in [7, 11) is 1.82. The zero-order valence-electron chi connectivity index (χ0n) is 9.68. The second kappa shape index (κ2) is 4.60. The Morgan fingerprint density at radius 2 is 2.18 bits per heavy atom. The lowest BCUT2D eigenvalue weighted by Crippen LogP contribution is -2.30. The van der Waals surface area contributed by atoms with Crippen molar-refractivity contribution in [3.8, 4) is 0 Å². The number of halogens is 1. The van der Waals surface area contributed by atoms with Crippen molar-refractivity contribution >= 4 is 0 Å². The molecule has 1 unspecified atom stereocenters. The number of hydrogen-bond acceptors (Lipinski definition) is 4. The molecule has 0 aliphatic heterocycles. The van der Waals surface area contributed by atoms with Crippen LogP contribution in [0.2, 0.25) is 0 Å². The number of aromatic nitrogens is 3. The maximum absolute atomic E-state index is 13.1. The lowest BCUT2D eigenvalue weighted by molar-refractivity contribution is 0.562. The Morgan fingerprint density at radius 3 is 2.71 bits per heavy atom. The third-order valence-corrected chi connectivity index (χ3v) is 2.56. The van der Waals surface area contributed by atoms with E-state index in [-0.39, 0.29) is 11.9 Å². The van der Waals surface area contributed by atoms with Crippen molar-refractivity contribution in [2.75, 3.05) is 0 Å². The number of rotatable bonds is 3. The Kier molecular flexibility index (Phi) is 3.16. The van der Waals surface area contributed by atoms with Crippen molar-refractivity contribution < 1.29 is 4.39 Å². The van der Waals surface area contributed by atoms with Crippen molar-refractivity contribution in [1.82, 2.24) is 20.2 Å². The van der Waals surface area contributed by atoms with E-state index < -0.39 is 0 Å². The summed E-state index contributed by atoms with van der Waals surface area (Å²) in [5, 5.41) is 4.23. The summed E-state index contributed by atoms with van der Waals surface area (Å²) < 4.78 is 14.8. The van der Waals surface area contributed by atoms with Gasteiger partial charge in [0.2, 0.25) is 0 Å². The van der Waals surface area contributed by atoms with E-state index in [0.29, 0.717) is 5.56 Å². The maximum atomic E-state index is 13.1. The largest absolute Gasteiger partial charge is 0.271 e. The Bertz CT molecular complexity index is 522. The summed E-state index contributed by atoms with van der Waals surface area (Å²) >= 11 is 0. The van der Waals surface area contributed by atoms with Gasteiger partial charge in [0.25, 0.3) is 0 Å². The van der Waals surface area contributed by atoms with Gasteiger partial charge in [0.05, 0.1) is 23.6 Å². The Hall–Kier alpha value is -1.79. The van der Waals surface area contributed by atoms with Crippen LogP contribution in [0.4, 0.5) is 4.39 Å². The molecule has 0 radical (unpaired) electrons. The number of aryl methyl sites for hydroxylation is 2. The van der Waals surface area contributed by atoms with E-state index in [1.807, 2.05) is 20.0 Å². The molecule has 2 heterocycles. The fourth-order valence-electron chi connectivity index (χ4n) is 1.84. The van der Waals surface area contributed by atoms with E-state index in [4.69, 9.17) is 5.84 Å². The molecule has 5 nitrogen and oxygen atoms in total. The maximum Gasteiger partial charge on any atom is 0.141 e. The Morgan fingerprint density at radius 1 is 1.41 bits per heavy atom. The van der Waals surface area contributed by atoms with Gasteiger partial charge in [-0.3, -0.25) is 15.5 Å². The monoisotopic (exact) mass is 235 g/mol. The molecular formula is C11H14FN5. The first-order valence-electron chi connectivity index (χ1n) is 5.19. The molecule has 0 saturated carbocycles. The van der Waals surface area contributed by atoms with Crippen LogP contribution in [0.5, 0.6) is 0 Å². The van der Waals surface area contributed by atoms with Gasteiger partial charge in [-0.05, 0) is 24.6 Å². The fourth-order valence-corrected chi connectivity index (χ4v) is 1.84. The normalized spacial score (nSPS) is 12.7. The van der Waals surface area contributed by atoms with Crippen molar-refractivity contribution in [2.24, 2.45) is 12.9 Å². The van der Waals surface area contributed by atoms with Gasteiger partial charge in [-0.2, -0.15) is 5.10 Å². The van der Waals surface area contributed by atoms with Gasteiger partial charge in [-0.15, -0.1) is 0 Å². The molecule has 2 aromatic rings. The predicted molar refractivity (Wildman–Crippen MR) is 61.3 cm³/mol. The molecule has 0 fully saturated rings. The summed E-state index contributed by atoms with van der Waals surface area (Å²) in [5.74, 6) is 5.14. The van der Waals surface area contributed by atoms with Gasteiger partial charge in [-0.1, -0.05) is 0 Å². The predicted octanol–water partition coefficient (Wildman–Crippen LogP) is 0.815. The molecule has 0 saturated heterocycles. The quantitative estimate of drug-likeness (QED) is 0.610. The van der Waals surface area contributed by atoms with Crippen molar-refractivity contribution in [2.45, 2.75) is 13.0 Å². The Balaban J connectivity index is 2.43. The molecule has 17 heavy (non-hydrogen) atoms. The van der Waals surface area contributed by atoms with Gasteiger partial charge < -0.3 is 0 Å². The standard InChI is InChI=1S/C11H14FN5/c1-7-3-10(17(2)16-7)11(15-13)8-4-9(12)6-14-5-8/h3-6,11,15H,13H2,1-2H3. The molecule has 0 aliphatic rings. The van der Waals surface area contributed by atoms with Crippen LogP contribution in [-0.2, 0) is 7.05 Å². The number of nitrogens with zero attached hydrogens (tertiary/aromatic N) is 3. The third kappa shape index (κ3) is 2.32. The minimum atomic E-state index is -0.387. The van der Waals surface area contributed by atoms with Crippen LogP contribution >= 0.6 is 0 Å². The van der Waals surface area contributed by atoms with E-state index in [1.165, 1.54) is 6.07 Å². The molecule has 3 N–H and O–H groups in total. The fraction of sp³-hybridized carbons (Fsp3) is 0.273. The van der Waals surface area contributed by atoms with E-state index in [2.05, 4.69) is 15.5 Å². The minimum absolute atomic E-state index is 0.329. The number of nitrogens with two attached hydrogens (primary N) is 1. The van der Waals surface area contributed by atoms with E-state index in [0.717, 1.165) is 17.6 Å². The zero-order valence-corrected chi connectivity index (χ0v) is 9.68. The highest BCUT2D eigenvalue weighted by Gasteiger charge is 2.17. The zero-order chi connectivity index (χ0) is 12.4. The molecule has 6 heteroatoms. The molecular weight excluding hydrogens is 221 g/mol. The van der Waals surface area contributed by atoms with Gasteiger partial charge in [0, 0.05) is 13.2 Å². The summed E-state index contributed by atoms with van der Waals surface area (Å²) in [6, 6.07) is 2.97. The number of nitrogens with one attached hydrogen (secondary N) is 1. The van der Waals surface area contributed by atoms with Crippen molar-refractivity contribution in [1.29, 1.82) is 0 Å². The summed E-state index contributed by atoms with van der Waals surface area (Å²) in [5.41, 5.74) is 5.05. The highest BCUT2D eigenvalue weighted by Crippen LogP contribution is 2.21. The molecule has 2 aromatic heterocycles. The van der Waals surface area contributed by atoms with Crippen LogP contribution < -0.4 is 11.3 Å². The topological polar surface area (TPSA) is 68.8 Å². The second-order valence-electron chi connectivity index (χ2n) is 3.87. The van der Waals surface area contributed by atoms with Gasteiger partial charge in [0.1, 0.15) is 5.82 Å². The lowest BCUT2D eigenvalue weighted by Gasteiger charge is -2.16. The number of hydrogen-bond donors (Lipinski definition) is 2. The molecule has 2 rings (SSSR count). The molecule has 0 spiro atoms. The smallest absolute Gasteiger partial charge is 0.141 e. The number of hydrazine groups is 1. The van der Waals surface area contributed by atoms with Crippen LogP contribution in [0.15, 0.2) is 24.5 Å². The first-order chi connectivity index (χ1) is 8.11. The summed E-state index contributed by atoms with van der Waals surface area (Å²) in [6.07, 6.45) is 2.74. The lowest BCUT2D eigenvalue weighted by atomic mass is 10.1. The van der Waals surface area contributed by atoms with Crippen LogP contribution in [-0.4, -0.2) is 14.8 Å².